The summed E-state index contributed by atoms with van der Waals surface area (Å²) in [6, 6.07) is 12.5. The number of nitrogens with zero attached hydrogens (tertiary/aromatic N) is 1. The van der Waals surface area contributed by atoms with Crippen molar-refractivity contribution in [3.05, 3.63) is 70.1 Å². The third-order valence-corrected chi connectivity index (χ3v) is 7.65. The third-order valence-electron chi connectivity index (χ3n) is 3.87. The minimum Gasteiger partial charge on any atom is -0.258 e. The zero-order chi connectivity index (χ0) is 18.2. The van der Waals surface area contributed by atoms with E-state index in [1.54, 1.807) is 36.4 Å². The van der Waals surface area contributed by atoms with Gasteiger partial charge in [0, 0.05) is 9.88 Å². The third kappa shape index (κ3) is 3.80. The van der Waals surface area contributed by atoms with Crippen LogP contribution in [0, 0.1) is 6.92 Å². The predicted molar refractivity (Wildman–Crippen MR) is 102 cm³/mol. The quantitative estimate of drug-likeness (QED) is 0.729. The first kappa shape index (κ1) is 18.2. The molecule has 25 heavy (non-hydrogen) atoms. The van der Waals surface area contributed by atoms with Crippen LogP contribution < -0.4 is 4.31 Å². The number of sulfone groups is 1. The first-order valence-corrected chi connectivity index (χ1v) is 11.4. The smallest absolute Gasteiger partial charge is 0.258 e. The van der Waals surface area contributed by atoms with E-state index >= 15 is 0 Å². The van der Waals surface area contributed by atoms with Crippen LogP contribution >= 0.6 is 15.9 Å². The highest BCUT2D eigenvalue weighted by Gasteiger charge is 2.35. The van der Waals surface area contributed by atoms with Crippen LogP contribution in [-0.4, -0.2) is 28.6 Å². The van der Waals surface area contributed by atoms with Crippen molar-refractivity contribution < 1.29 is 16.8 Å². The molecular weight excluding hydrogens is 426 g/mol. The maximum Gasteiger partial charge on any atom is 0.264 e. The van der Waals surface area contributed by atoms with Crippen LogP contribution in [0.25, 0.3) is 0 Å². The van der Waals surface area contributed by atoms with Gasteiger partial charge in [-0.3, -0.25) is 4.31 Å². The number of aryl methyl sites for hydroxylation is 1. The first-order valence-electron chi connectivity index (χ1n) is 7.47. The Hall–Kier alpha value is -1.64. The zero-order valence-corrected chi connectivity index (χ0v) is 16.6. The van der Waals surface area contributed by atoms with Crippen molar-refractivity contribution in [2.45, 2.75) is 17.9 Å². The Kier molecular flexibility index (Phi) is 4.78. The fourth-order valence-corrected chi connectivity index (χ4v) is 5.86. The number of hydrogen-bond acceptors (Lipinski definition) is 4. The molecule has 0 radical (unpaired) electrons. The normalized spacial score (nSPS) is 19.0. The molecule has 2 aromatic rings. The Morgan fingerprint density at radius 2 is 1.64 bits per heavy atom. The minimum absolute atomic E-state index is 0.124. The summed E-state index contributed by atoms with van der Waals surface area (Å²) in [4.78, 5) is 0.124. The first-order chi connectivity index (χ1) is 11.7. The molecule has 0 N–H and O–H groups in total. The molecule has 8 heteroatoms. The molecule has 1 aliphatic heterocycles. The molecule has 3 rings (SSSR count). The van der Waals surface area contributed by atoms with Gasteiger partial charge in [0.15, 0.2) is 9.84 Å². The lowest BCUT2D eigenvalue weighted by Crippen LogP contribution is -2.41. The number of rotatable bonds is 4. The average molecular weight is 442 g/mol. The number of hydrogen-bond donors (Lipinski definition) is 0. The summed E-state index contributed by atoms with van der Waals surface area (Å²) in [5.41, 5.74) is 1.35. The Balaban J connectivity index is 2.12. The monoisotopic (exact) mass is 441 g/mol. The number of halogens is 1. The van der Waals surface area contributed by atoms with Crippen molar-refractivity contribution in [3.63, 3.8) is 0 Å². The molecule has 1 heterocycles. The van der Waals surface area contributed by atoms with E-state index in [-0.39, 0.29) is 10.6 Å². The maximum atomic E-state index is 13.2. The number of sulfonamides is 1. The lowest BCUT2D eigenvalue weighted by Gasteiger charge is -2.29. The highest BCUT2D eigenvalue weighted by molar-refractivity contribution is 9.10. The second-order valence-corrected chi connectivity index (χ2v) is 10.5. The molecule has 0 spiro atoms. The topological polar surface area (TPSA) is 71.5 Å². The maximum absolute atomic E-state index is 13.2. The van der Waals surface area contributed by atoms with Crippen LogP contribution in [0.5, 0.6) is 0 Å². The summed E-state index contributed by atoms with van der Waals surface area (Å²) in [5, 5.41) is 1.08. The molecule has 0 aromatic heterocycles. The zero-order valence-electron chi connectivity index (χ0n) is 13.3. The molecule has 0 bridgehead atoms. The highest BCUT2D eigenvalue weighted by atomic mass is 79.9. The van der Waals surface area contributed by atoms with Crippen molar-refractivity contribution in [2.24, 2.45) is 0 Å². The molecule has 1 aliphatic rings. The van der Waals surface area contributed by atoms with Gasteiger partial charge in [-0.05, 0) is 49.4 Å². The summed E-state index contributed by atoms with van der Waals surface area (Å²) in [6.45, 7) is 1.87. The van der Waals surface area contributed by atoms with E-state index in [9.17, 15) is 16.8 Å². The molecule has 0 saturated heterocycles. The van der Waals surface area contributed by atoms with Crippen LogP contribution in [0.4, 0.5) is 5.69 Å². The van der Waals surface area contributed by atoms with Gasteiger partial charge >= 0.3 is 0 Å². The van der Waals surface area contributed by atoms with E-state index in [2.05, 4.69) is 15.9 Å². The fourth-order valence-electron chi connectivity index (χ4n) is 2.63. The number of benzene rings is 2. The van der Waals surface area contributed by atoms with Gasteiger partial charge in [-0.2, -0.15) is 0 Å². The molecule has 132 valence electrons. The van der Waals surface area contributed by atoms with E-state index in [4.69, 9.17) is 0 Å². The number of anilines is 1. The fraction of sp³-hybridized carbons (Fsp3) is 0.176. The SMILES string of the molecule is Cc1ccc(S(=O)(=O)N(c2ccc(Br)cc2)[C@H]2C=CS(=O)(=O)C2)cc1. The summed E-state index contributed by atoms with van der Waals surface area (Å²) < 4.78 is 52.0. The van der Waals surface area contributed by atoms with E-state index < -0.39 is 25.9 Å². The van der Waals surface area contributed by atoms with Crippen LogP contribution in [0.1, 0.15) is 5.56 Å². The summed E-state index contributed by atoms with van der Waals surface area (Å²) >= 11 is 3.32. The molecule has 2 aromatic carbocycles. The van der Waals surface area contributed by atoms with E-state index in [0.717, 1.165) is 15.4 Å². The van der Waals surface area contributed by atoms with Gasteiger partial charge in [-0.25, -0.2) is 16.8 Å². The van der Waals surface area contributed by atoms with Crippen molar-refractivity contribution in [1.82, 2.24) is 0 Å². The van der Waals surface area contributed by atoms with Crippen molar-refractivity contribution in [2.75, 3.05) is 10.1 Å². The van der Waals surface area contributed by atoms with Gasteiger partial charge in [0.05, 0.1) is 22.4 Å². The Morgan fingerprint density at radius 1 is 1.04 bits per heavy atom. The minimum atomic E-state index is -3.92. The second kappa shape index (κ2) is 6.59. The van der Waals surface area contributed by atoms with Gasteiger partial charge in [-0.15, -0.1) is 0 Å². The molecule has 0 aliphatic carbocycles. The molecule has 1 atom stereocenters. The van der Waals surface area contributed by atoms with Gasteiger partial charge in [-0.1, -0.05) is 33.6 Å². The van der Waals surface area contributed by atoms with Gasteiger partial charge in [0.1, 0.15) is 0 Å². The Morgan fingerprint density at radius 3 is 2.16 bits per heavy atom. The van der Waals surface area contributed by atoms with Crippen LogP contribution in [-0.2, 0) is 19.9 Å². The summed E-state index contributed by atoms with van der Waals surface area (Å²) in [7, 11) is -7.32. The van der Waals surface area contributed by atoms with E-state index in [0.29, 0.717) is 5.69 Å². The molecule has 5 nitrogen and oxygen atoms in total. The molecule has 0 saturated carbocycles. The average Bonchev–Trinajstić information content (AvgIpc) is 2.89. The van der Waals surface area contributed by atoms with Crippen LogP contribution in [0.15, 0.2) is 69.4 Å². The van der Waals surface area contributed by atoms with Gasteiger partial charge in [0.25, 0.3) is 10.0 Å². The highest BCUT2D eigenvalue weighted by Crippen LogP contribution is 2.30. The van der Waals surface area contributed by atoms with Crippen LogP contribution in [0.3, 0.4) is 0 Å². The van der Waals surface area contributed by atoms with E-state index in [1.807, 2.05) is 6.92 Å². The van der Waals surface area contributed by atoms with Crippen molar-refractivity contribution in [1.29, 1.82) is 0 Å². The molecule has 0 fully saturated rings. The Bertz CT molecular complexity index is 1010. The van der Waals surface area contributed by atoms with Crippen molar-refractivity contribution in [3.8, 4) is 0 Å². The van der Waals surface area contributed by atoms with Crippen molar-refractivity contribution >= 4 is 41.5 Å². The summed E-state index contributed by atoms with van der Waals surface area (Å²) in [5.74, 6) is -0.270. The largest absolute Gasteiger partial charge is 0.264 e. The van der Waals surface area contributed by atoms with Gasteiger partial charge < -0.3 is 0 Å². The second-order valence-electron chi connectivity index (χ2n) is 5.82. The van der Waals surface area contributed by atoms with E-state index in [1.165, 1.54) is 22.5 Å². The predicted octanol–water partition coefficient (Wildman–Crippen LogP) is 3.26. The lowest BCUT2D eigenvalue weighted by atomic mass is 10.2. The van der Waals surface area contributed by atoms with Crippen LogP contribution in [0.2, 0.25) is 0 Å². The molecular formula is C17H16BrNO4S2. The molecule has 0 amide bonds. The lowest BCUT2D eigenvalue weighted by molar-refractivity contribution is 0.586. The van der Waals surface area contributed by atoms with Gasteiger partial charge in [0.2, 0.25) is 0 Å². The summed E-state index contributed by atoms with van der Waals surface area (Å²) in [6.07, 6.45) is 1.42. The standard InChI is InChI=1S/C17H16BrNO4S2/c1-13-2-8-17(9-3-13)25(22,23)19(15-6-4-14(18)5-7-15)16-10-11-24(20,21)12-16/h2-11,16H,12H2,1H3/t16-/m0/s1. The Labute approximate surface area is 156 Å². The molecule has 0 unspecified atom stereocenters.